The van der Waals surface area contributed by atoms with Crippen molar-refractivity contribution in [1.29, 1.82) is 0 Å². The molecule has 0 spiro atoms. The number of benzene rings is 2. The van der Waals surface area contributed by atoms with Crippen LogP contribution in [0, 0.1) is 5.92 Å². The SMILES string of the molecule is COC(=O)c1ccc([C@H]2[C@H]3C(=O)NC(=O)[C@H]3ON2c2ccc(Br)cc2)cc1. The molecule has 0 aliphatic carbocycles. The van der Waals surface area contributed by atoms with Crippen molar-refractivity contribution in [2.75, 3.05) is 12.2 Å². The quantitative estimate of drug-likeness (QED) is 0.594. The standard InChI is InChI=1S/C19H15BrN2O5/c1-26-19(25)11-4-2-10(3-5-11)15-14-16(18(24)21-17(14)23)27-22(15)13-8-6-12(20)7-9-13/h2-9,14-16H,1H3,(H,21,23,24)/t14-,15+,16+/m1/s1. The molecule has 2 fully saturated rings. The van der Waals surface area contributed by atoms with Crippen LogP contribution in [0.4, 0.5) is 5.69 Å². The van der Waals surface area contributed by atoms with Crippen LogP contribution in [-0.4, -0.2) is 31.0 Å². The van der Waals surface area contributed by atoms with E-state index in [0.29, 0.717) is 5.56 Å². The van der Waals surface area contributed by atoms with Crippen LogP contribution in [0.1, 0.15) is 22.0 Å². The lowest BCUT2D eigenvalue weighted by molar-refractivity contribution is -0.129. The first kappa shape index (κ1) is 17.7. The van der Waals surface area contributed by atoms with Gasteiger partial charge in [0.1, 0.15) is 5.92 Å². The van der Waals surface area contributed by atoms with Gasteiger partial charge in [-0.15, -0.1) is 0 Å². The van der Waals surface area contributed by atoms with Crippen LogP contribution in [0.15, 0.2) is 53.0 Å². The third-order valence-corrected chi connectivity index (χ3v) is 5.24. The number of nitrogens with zero attached hydrogens (tertiary/aromatic N) is 1. The van der Waals surface area contributed by atoms with Crippen molar-refractivity contribution in [3.05, 3.63) is 64.1 Å². The van der Waals surface area contributed by atoms with Gasteiger partial charge in [0.2, 0.25) is 5.91 Å². The molecular weight excluding hydrogens is 416 g/mol. The summed E-state index contributed by atoms with van der Waals surface area (Å²) >= 11 is 3.39. The molecule has 2 amide bonds. The fourth-order valence-corrected chi connectivity index (χ4v) is 3.68. The van der Waals surface area contributed by atoms with E-state index in [4.69, 9.17) is 9.57 Å². The summed E-state index contributed by atoms with van der Waals surface area (Å²) in [4.78, 5) is 42.0. The number of amides is 2. The Morgan fingerprint density at radius 1 is 1.07 bits per heavy atom. The zero-order valence-electron chi connectivity index (χ0n) is 14.2. The first-order valence-electron chi connectivity index (χ1n) is 8.24. The minimum Gasteiger partial charge on any atom is -0.465 e. The third kappa shape index (κ3) is 3.00. The molecule has 0 unspecified atom stereocenters. The fourth-order valence-electron chi connectivity index (χ4n) is 3.42. The lowest BCUT2D eigenvalue weighted by Gasteiger charge is -2.27. The number of halogens is 1. The number of hydrogen-bond acceptors (Lipinski definition) is 6. The van der Waals surface area contributed by atoms with Gasteiger partial charge in [-0.2, -0.15) is 0 Å². The molecule has 0 radical (unpaired) electrons. The Balaban J connectivity index is 1.75. The second-order valence-corrected chi connectivity index (χ2v) is 7.18. The minimum atomic E-state index is -0.883. The third-order valence-electron chi connectivity index (χ3n) is 4.71. The molecular formula is C19H15BrN2O5. The van der Waals surface area contributed by atoms with E-state index >= 15 is 0 Å². The molecule has 27 heavy (non-hydrogen) atoms. The largest absolute Gasteiger partial charge is 0.465 e. The molecule has 0 saturated carbocycles. The molecule has 0 aromatic heterocycles. The molecule has 2 aliphatic heterocycles. The molecule has 0 bridgehead atoms. The maximum absolute atomic E-state index is 12.4. The van der Waals surface area contributed by atoms with Crippen LogP contribution in [-0.2, 0) is 19.2 Å². The van der Waals surface area contributed by atoms with Crippen molar-refractivity contribution in [3.8, 4) is 0 Å². The molecule has 2 aromatic rings. The number of hydrogen-bond donors (Lipinski definition) is 1. The van der Waals surface area contributed by atoms with Gasteiger partial charge in [0.05, 0.1) is 24.4 Å². The van der Waals surface area contributed by atoms with Gasteiger partial charge in [-0.25, -0.2) is 9.86 Å². The summed E-state index contributed by atoms with van der Waals surface area (Å²) in [5.41, 5.74) is 1.87. The van der Waals surface area contributed by atoms with Crippen molar-refractivity contribution in [1.82, 2.24) is 5.32 Å². The number of rotatable bonds is 3. The summed E-state index contributed by atoms with van der Waals surface area (Å²) in [6, 6.07) is 13.6. The number of esters is 1. The molecule has 138 valence electrons. The number of ether oxygens (including phenoxy) is 1. The Kier molecular flexibility index (Phi) is 4.45. The Morgan fingerprint density at radius 3 is 2.37 bits per heavy atom. The Bertz CT molecular complexity index is 913. The van der Waals surface area contributed by atoms with E-state index in [9.17, 15) is 14.4 Å². The average Bonchev–Trinajstić information content (AvgIpc) is 3.20. The van der Waals surface area contributed by atoms with Crippen LogP contribution in [0.2, 0.25) is 0 Å². The van der Waals surface area contributed by atoms with Crippen molar-refractivity contribution in [2.24, 2.45) is 5.92 Å². The molecule has 7 nitrogen and oxygen atoms in total. The monoisotopic (exact) mass is 430 g/mol. The van der Waals surface area contributed by atoms with E-state index in [0.717, 1.165) is 15.7 Å². The Morgan fingerprint density at radius 2 is 1.74 bits per heavy atom. The molecule has 2 aromatic carbocycles. The second kappa shape index (κ2) is 6.79. The van der Waals surface area contributed by atoms with Gasteiger partial charge in [-0.1, -0.05) is 28.1 Å². The van der Waals surface area contributed by atoms with Crippen LogP contribution < -0.4 is 10.4 Å². The summed E-state index contributed by atoms with van der Waals surface area (Å²) in [5, 5.41) is 3.92. The predicted octanol–water partition coefficient (Wildman–Crippen LogP) is 2.37. The van der Waals surface area contributed by atoms with E-state index in [1.54, 1.807) is 29.3 Å². The van der Waals surface area contributed by atoms with Crippen molar-refractivity contribution < 1.29 is 24.0 Å². The molecule has 8 heteroatoms. The van der Waals surface area contributed by atoms with Gasteiger partial charge in [-0.05, 0) is 42.0 Å². The molecule has 2 saturated heterocycles. The Hall–Kier alpha value is -2.71. The molecule has 1 N–H and O–H groups in total. The number of anilines is 1. The summed E-state index contributed by atoms with van der Waals surface area (Å²) in [6.45, 7) is 0. The lowest BCUT2D eigenvalue weighted by Crippen LogP contribution is -2.33. The lowest BCUT2D eigenvalue weighted by atomic mass is 9.90. The highest BCUT2D eigenvalue weighted by Gasteiger charge is 2.56. The maximum atomic E-state index is 12.4. The number of nitrogens with one attached hydrogen (secondary N) is 1. The van der Waals surface area contributed by atoms with E-state index < -0.39 is 29.9 Å². The number of hydroxylamine groups is 1. The number of carbonyl (C=O) groups excluding carboxylic acids is 3. The zero-order valence-corrected chi connectivity index (χ0v) is 15.8. The highest BCUT2D eigenvalue weighted by atomic mass is 79.9. The number of methoxy groups -OCH3 is 1. The molecule has 3 atom stereocenters. The normalized spacial score (nSPS) is 23.9. The van der Waals surface area contributed by atoms with Gasteiger partial charge in [0.25, 0.3) is 5.91 Å². The van der Waals surface area contributed by atoms with E-state index in [1.165, 1.54) is 7.11 Å². The summed E-state index contributed by atoms with van der Waals surface area (Å²) in [5.74, 6) is -1.93. The second-order valence-electron chi connectivity index (χ2n) is 6.27. The van der Waals surface area contributed by atoms with Gasteiger partial charge < -0.3 is 4.74 Å². The van der Waals surface area contributed by atoms with Gasteiger partial charge in [0.15, 0.2) is 6.10 Å². The molecule has 2 aliphatic rings. The van der Waals surface area contributed by atoms with Gasteiger partial charge >= 0.3 is 5.97 Å². The van der Waals surface area contributed by atoms with Gasteiger partial charge in [0, 0.05) is 4.47 Å². The van der Waals surface area contributed by atoms with E-state index in [-0.39, 0.29) is 5.91 Å². The number of carbonyl (C=O) groups is 3. The Labute approximate surface area is 163 Å². The summed E-state index contributed by atoms with van der Waals surface area (Å²) in [7, 11) is 1.31. The van der Waals surface area contributed by atoms with Crippen molar-refractivity contribution in [2.45, 2.75) is 12.1 Å². The number of imide groups is 1. The minimum absolute atomic E-state index is 0.369. The van der Waals surface area contributed by atoms with Crippen molar-refractivity contribution in [3.63, 3.8) is 0 Å². The zero-order chi connectivity index (χ0) is 19.1. The number of fused-ring (bicyclic) bond motifs is 1. The fraction of sp³-hybridized carbons (Fsp3) is 0.211. The first-order chi connectivity index (χ1) is 13.0. The van der Waals surface area contributed by atoms with Crippen LogP contribution in [0.25, 0.3) is 0 Å². The predicted molar refractivity (Wildman–Crippen MR) is 98.7 cm³/mol. The molecule has 4 rings (SSSR count). The van der Waals surface area contributed by atoms with Crippen LogP contribution >= 0.6 is 15.9 Å². The average molecular weight is 431 g/mol. The maximum Gasteiger partial charge on any atom is 0.337 e. The first-order valence-corrected chi connectivity index (χ1v) is 9.03. The highest BCUT2D eigenvalue weighted by molar-refractivity contribution is 9.10. The van der Waals surface area contributed by atoms with E-state index in [2.05, 4.69) is 21.2 Å². The van der Waals surface area contributed by atoms with Crippen LogP contribution in [0.5, 0.6) is 0 Å². The van der Waals surface area contributed by atoms with Crippen LogP contribution in [0.3, 0.4) is 0 Å². The van der Waals surface area contributed by atoms with E-state index in [1.807, 2.05) is 24.3 Å². The smallest absolute Gasteiger partial charge is 0.337 e. The molecule has 2 heterocycles. The topological polar surface area (TPSA) is 84.9 Å². The summed E-state index contributed by atoms with van der Waals surface area (Å²) < 4.78 is 5.62. The van der Waals surface area contributed by atoms with Gasteiger partial charge in [-0.3, -0.25) is 19.7 Å². The summed E-state index contributed by atoms with van der Waals surface area (Å²) in [6.07, 6.45) is -0.883. The van der Waals surface area contributed by atoms with Crippen molar-refractivity contribution >= 4 is 39.4 Å². The highest BCUT2D eigenvalue weighted by Crippen LogP contribution is 2.44.